The fraction of sp³-hybridized carbons (Fsp3) is 0.475. The molecule has 4 aromatic heterocycles. The zero-order valence-corrected chi connectivity index (χ0v) is 80.7. The lowest BCUT2D eigenvalue weighted by molar-refractivity contribution is 0.0604. The molecule has 12 aromatic rings. The third-order valence-corrected chi connectivity index (χ3v) is 33.8. The molecular formula is C99H127BrN12O12S4. The molecule has 0 bridgehead atoms. The van der Waals surface area contributed by atoms with Crippen molar-refractivity contribution in [2.24, 2.45) is 23.7 Å². The minimum atomic E-state index is -3.75. The van der Waals surface area contributed by atoms with Crippen molar-refractivity contribution in [1.82, 2.24) is 39.1 Å². The minimum Gasteiger partial charge on any atom is -0.381 e. The van der Waals surface area contributed by atoms with Crippen molar-refractivity contribution in [3.63, 3.8) is 0 Å². The molecule has 24 nitrogen and oxygen atoms in total. The van der Waals surface area contributed by atoms with Gasteiger partial charge in [-0.3, -0.25) is 35.9 Å². The Balaban J connectivity index is 0.000000138. The van der Waals surface area contributed by atoms with Crippen LogP contribution in [0.2, 0.25) is 0 Å². The summed E-state index contributed by atoms with van der Waals surface area (Å²) in [5, 5.41) is 21.8. The number of ether oxygens (including phenoxy) is 4. The molecule has 1 saturated carbocycles. The summed E-state index contributed by atoms with van der Waals surface area (Å²) in [4.78, 5) is 1.23. The van der Waals surface area contributed by atoms with Crippen LogP contribution in [0.4, 0.5) is 22.7 Å². The number of hydrogen-bond donors (Lipinski definition) is 0. The van der Waals surface area contributed by atoms with E-state index < -0.39 is 40.1 Å². The van der Waals surface area contributed by atoms with E-state index in [2.05, 4.69) is 64.0 Å². The van der Waals surface area contributed by atoms with Crippen LogP contribution in [0.3, 0.4) is 0 Å². The van der Waals surface area contributed by atoms with Crippen LogP contribution in [-0.4, -0.2) is 150 Å². The molecule has 4 saturated heterocycles. The topological polar surface area (TPSA) is 258 Å². The summed E-state index contributed by atoms with van der Waals surface area (Å²) < 4.78 is 147. The number of hydrogen-bond acceptors (Lipinski definition) is 16. The van der Waals surface area contributed by atoms with Gasteiger partial charge in [0.1, 0.15) is 4.60 Å². The minimum absolute atomic E-state index is 0.0458. The average molecular weight is 1890 g/mol. The molecule has 29 heteroatoms. The average Bonchev–Trinajstić information content (AvgIpc) is 1.45. The van der Waals surface area contributed by atoms with Crippen LogP contribution in [0, 0.1) is 23.7 Å². The number of sulfonamides is 4. The number of nitrogens with zero attached hydrogens (tertiary/aromatic N) is 12. The van der Waals surface area contributed by atoms with E-state index >= 15 is 0 Å². The highest BCUT2D eigenvalue weighted by Crippen LogP contribution is 2.41. The van der Waals surface area contributed by atoms with E-state index in [0.29, 0.717) is 63.6 Å². The van der Waals surface area contributed by atoms with Gasteiger partial charge in [0.25, 0.3) is 40.1 Å². The summed E-state index contributed by atoms with van der Waals surface area (Å²) in [6, 6.07) is 52.9. The molecular weight excluding hydrogens is 1760 g/mol. The van der Waals surface area contributed by atoms with Gasteiger partial charge >= 0.3 is 0 Å². The Bertz CT molecular complexity index is 6160. The summed E-state index contributed by atoms with van der Waals surface area (Å²) in [5.41, 5.74) is 11.4. The van der Waals surface area contributed by atoms with Crippen molar-refractivity contribution < 1.29 is 52.6 Å². The molecule has 1 aliphatic carbocycles. The third-order valence-electron chi connectivity index (χ3n) is 25.7. The SMILES string of the molecule is CCc1ccc(N(C(CC)CC)S(=O)(=O)c2ccc3c(cnn3CC3CCOCC3)c2)cc1.CCc1ccc(N(C2CC2)S(=O)(=O)c2ccc3c(cnn3CC3CCOCC3)c2)cc1.CCc1ccc(N(CC(C)C)S(=O)(=O)c2ccc3c(Br)nn(C4CCOCC4)c3c2)cc1.CCc1ccc(N([C@H](C)CC)S(=O)(=O)c2ccc3c(cnn3CC3CCOCC3)c2)cc1. The van der Waals surface area contributed by atoms with E-state index in [1.807, 2.05) is 182 Å². The Morgan fingerprint density at radius 3 is 1.11 bits per heavy atom. The maximum Gasteiger partial charge on any atom is 0.264 e. The maximum absolute atomic E-state index is 13.9. The fourth-order valence-electron chi connectivity index (χ4n) is 17.6. The molecule has 0 N–H and O–H groups in total. The normalized spacial score (nSPS) is 16.3. The van der Waals surface area contributed by atoms with Gasteiger partial charge in [0.15, 0.2) is 0 Å². The molecule has 0 radical (unpaired) electrons. The smallest absolute Gasteiger partial charge is 0.264 e. The van der Waals surface area contributed by atoms with Gasteiger partial charge < -0.3 is 18.9 Å². The lowest BCUT2D eigenvalue weighted by Crippen LogP contribution is -2.39. The summed E-state index contributed by atoms with van der Waals surface area (Å²) in [7, 11) is -14.8. The summed E-state index contributed by atoms with van der Waals surface area (Å²) in [5.74, 6) is 1.82. The Morgan fingerprint density at radius 2 is 0.734 bits per heavy atom. The van der Waals surface area contributed by atoms with E-state index in [1.54, 1.807) is 80.0 Å². The number of rotatable bonds is 31. The first-order chi connectivity index (χ1) is 61.8. The highest BCUT2D eigenvalue weighted by molar-refractivity contribution is 9.10. The molecule has 17 rings (SSSR count). The second-order valence-electron chi connectivity index (χ2n) is 34.9. The number of halogens is 1. The van der Waals surface area contributed by atoms with Crippen LogP contribution in [-0.2, 0) is 104 Å². The van der Waals surface area contributed by atoms with E-state index in [4.69, 9.17) is 18.9 Å². The molecule has 0 unspecified atom stereocenters. The zero-order valence-electron chi connectivity index (χ0n) is 75.8. The number of fused-ring (bicyclic) bond motifs is 4. The first-order valence-corrected chi connectivity index (χ1v) is 52.7. The lowest BCUT2D eigenvalue weighted by Gasteiger charge is -2.32. The summed E-state index contributed by atoms with van der Waals surface area (Å²) in [6.07, 6.45) is 21.0. The largest absolute Gasteiger partial charge is 0.381 e. The Kier molecular flexibility index (Phi) is 31.9. The molecule has 8 aromatic carbocycles. The number of anilines is 4. The van der Waals surface area contributed by atoms with E-state index in [1.165, 1.54) is 26.6 Å². The first kappa shape index (κ1) is 95.1. The monoisotopic (exact) mass is 1880 g/mol. The Morgan fingerprint density at radius 1 is 0.383 bits per heavy atom. The number of aromatic nitrogens is 8. The molecule has 128 heavy (non-hydrogen) atoms. The zero-order chi connectivity index (χ0) is 90.4. The molecule has 5 fully saturated rings. The molecule has 8 heterocycles. The maximum atomic E-state index is 13.9. The molecule has 686 valence electrons. The summed E-state index contributed by atoms with van der Waals surface area (Å²) in [6.45, 7) is 29.6. The lowest BCUT2D eigenvalue weighted by atomic mass is 10.0. The predicted molar refractivity (Wildman–Crippen MR) is 515 cm³/mol. The molecule has 5 aliphatic rings. The standard InChI is InChI=1S/C26H35N3O3S.C25H33N3O3S.C24H30BrN3O3S.C24H29N3O3S/c1-4-20-7-9-24(10-8-20)29(23(5-2)6-3)33(30,31)25-11-12-26-22(17-25)18-27-28(26)19-21-13-15-32-16-14-21;1-4-19(3)28(23-8-6-20(5-2)7-9-23)32(29,30)24-10-11-25-22(16-24)17-26-27(25)18-21-12-14-31-15-13-21;1-4-18-5-7-19(8-6-18)27(16-17(2)3)32(29,30)21-9-10-22-23(15-21)28(26-24(22)25)20-11-13-31-14-12-20;1-2-18-3-5-21(6-4-18)27(22-7-8-22)31(28,29)23-9-10-24-20(15-23)16-25-26(24)17-19-11-13-30-14-12-19/h7-12,17-18,21,23H,4-6,13-16,19H2,1-3H3;6-11,16-17,19,21H,4-5,12-15,18H2,1-3H3;5-10,15,17,20H,4,11-14,16H2,1-3H3;3-6,9-10,15-16,19,22H,2,7-8,11-14,17H2,1H3/t;19-;;/m.1../s1. The quantitative estimate of drug-likeness (QED) is 0.0391. The van der Waals surface area contributed by atoms with Gasteiger partial charge in [0, 0.05) is 119 Å². The van der Waals surface area contributed by atoms with Crippen molar-refractivity contribution >= 4 is 122 Å². The fourth-order valence-corrected chi connectivity index (χ4v) is 25.1. The van der Waals surface area contributed by atoms with Crippen LogP contribution < -0.4 is 17.2 Å². The van der Waals surface area contributed by atoms with Crippen LogP contribution in [0.1, 0.15) is 181 Å². The van der Waals surface area contributed by atoms with Gasteiger partial charge in [0.05, 0.1) is 89.0 Å². The first-order valence-electron chi connectivity index (χ1n) is 46.2. The number of benzene rings is 8. The highest BCUT2D eigenvalue weighted by atomic mass is 79.9. The van der Waals surface area contributed by atoms with Gasteiger partial charge in [-0.05, 0) is 299 Å². The highest BCUT2D eigenvalue weighted by Gasteiger charge is 2.40. The van der Waals surface area contributed by atoms with Crippen LogP contribution >= 0.6 is 15.9 Å². The van der Waals surface area contributed by atoms with Crippen molar-refractivity contribution in [3.05, 3.63) is 215 Å². The predicted octanol–water partition coefficient (Wildman–Crippen LogP) is 20.4. The van der Waals surface area contributed by atoms with Gasteiger partial charge in [0.2, 0.25) is 0 Å². The Hall–Kier alpha value is -9.04. The molecule has 0 spiro atoms. The third kappa shape index (κ3) is 22.1. The second-order valence-corrected chi connectivity index (χ2v) is 43.0. The number of aryl methyl sites for hydroxylation is 4. The van der Waals surface area contributed by atoms with E-state index in [9.17, 15) is 33.7 Å². The van der Waals surface area contributed by atoms with E-state index in [0.717, 1.165) is 228 Å². The van der Waals surface area contributed by atoms with Crippen molar-refractivity contribution in [2.45, 2.75) is 242 Å². The molecule has 0 amide bonds. The van der Waals surface area contributed by atoms with Crippen molar-refractivity contribution in [1.29, 1.82) is 0 Å². The second kappa shape index (κ2) is 42.9. The van der Waals surface area contributed by atoms with Gasteiger partial charge in [-0.25, -0.2) is 33.7 Å². The Labute approximate surface area is 766 Å². The molecule has 1 atom stereocenters. The van der Waals surface area contributed by atoms with E-state index in [-0.39, 0.29) is 35.0 Å². The molecule has 4 aliphatic heterocycles. The van der Waals surface area contributed by atoms with Gasteiger partial charge in [-0.15, -0.1) is 0 Å². The van der Waals surface area contributed by atoms with Crippen LogP contribution in [0.15, 0.2) is 213 Å². The van der Waals surface area contributed by atoms with Crippen LogP contribution in [0.25, 0.3) is 43.6 Å². The van der Waals surface area contributed by atoms with Gasteiger partial charge in [-0.1, -0.05) is 111 Å². The van der Waals surface area contributed by atoms with Gasteiger partial charge in [-0.2, -0.15) is 20.4 Å². The van der Waals surface area contributed by atoms with Crippen molar-refractivity contribution in [2.75, 3.05) is 76.6 Å². The van der Waals surface area contributed by atoms with Crippen molar-refractivity contribution in [3.8, 4) is 0 Å². The summed E-state index contributed by atoms with van der Waals surface area (Å²) >= 11 is 3.55. The van der Waals surface area contributed by atoms with Crippen LogP contribution in [0.5, 0.6) is 0 Å².